The first-order valence-corrected chi connectivity index (χ1v) is 7.77. The van der Waals surface area contributed by atoms with Crippen molar-refractivity contribution in [3.05, 3.63) is 69.3 Å². The average Bonchev–Trinajstić information content (AvgIpc) is 3.07. The molecule has 0 radical (unpaired) electrons. The molecule has 1 N–H and O–H groups in total. The second kappa shape index (κ2) is 5.66. The van der Waals surface area contributed by atoms with E-state index in [0.29, 0.717) is 0 Å². The van der Waals surface area contributed by atoms with Gasteiger partial charge in [-0.2, -0.15) is 0 Å². The lowest BCUT2D eigenvalue weighted by Crippen LogP contribution is -2.37. The summed E-state index contributed by atoms with van der Waals surface area (Å²) in [6.45, 7) is 0. The van der Waals surface area contributed by atoms with E-state index < -0.39 is 17.2 Å². The van der Waals surface area contributed by atoms with Gasteiger partial charge in [0.15, 0.2) is 0 Å². The molecule has 0 spiro atoms. The van der Waals surface area contributed by atoms with Crippen LogP contribution in [0.4, 0.5) is 0 Å². The SMILES string of the molecule is Cn1c(=O)c2ccc(C(=O)Nn3cnc4ccccc43)nc2n(C)c1=O. The minimum atomic E-state index is -0.506. The summed E-state index contributed by atoms with van der Waals surface area (Å²) in [6, 6.07) is 10.3. The number of benzene rings is 1. The second-order valence-electron chi connectivity index (χ2n) is 5.82. The molecule has 0 atom stereocenters. The molecule has 26 heavy (non-hydrogen) atoms. The smallest absolute Gasteiger partial charge is 0.280 e. The molecule has 4 rings (SSSR count). The van der Waals surface area contributed by atoms with E-state index in [1.165, 1.54) is 41.8 Å². The van der Waals surface area contributed by atoms with Gasteiger partial charge >= 0.3 is 5.69 Å². The summed E-state index contributed by atoms with van der Waals surface area (Å²) < 4.78 is 3.73. The van der Waals surface area contributed by atoms with Crippen molar-refractivity contribution in [2.24, 2.45) is 14.1 Å². The number of rotatable bonds is 2. The van der Waals surface area contributed by atoms with Gasteiger partial charge < -0.3 is 0 Å². The Morgan fingerprint density at radius 1 is 1.04 bits per heavy atom. The molecule has 0 unspecified atom stereocenters. The predicted molar refractivity (Wildman–Crippen MR) is 95.6 cm³/mol. The van der Waals surface area contributed by atoms with E-state index in [1.54, 1.807) is 0 Å². The molecule has 4 aromatic rings. The second-order valence-corrected chi connectivity index (χ2v) is 5.82. The summed E-state index contributed by atoms with van der Waals surface area (Å²) in [5, 5.41) is 0.263. The molecule has 3 heterocycles. The highest BCUT2D eigenvalue weighted by atomic mass is 16.2. The van der Waals surface area contributed by atoms with E-state index >= 15 is 0 Å². The fraction of sp³-hybridized carbons (Fsp3) is 0.118. The summed E-state index contributed by atoms with van der Waals surface area (Å²) in [7, 11) is 2.90. The Hall–Kier alpha value is -3.75. The van der Waals surface area contributed by atoms with Crippen LogP contribution in [-0.2, 0) is 14.1 Å². The van der Waals surface area contributed by atoms with Crippen LogP contribution in [-0.4, -0.2) is 29.7 Å². The van der Waals surface area contributed by atoms with Crippen molar-refractivity contribution in [3.8, 4) is 0 Å². The number of aryl methyl sites for hydroxylation is 1. The summed E-state index contributed by atoms with van der Waals surface area (Å²) in [4.78, 5) is 45.2. The Balaban J connectivity index is 1.78. The maximum absolute atomic E-state index is 12.6. The summed E-state index contributed by atoms with van der Waals surface area (Å²) in [6.07, 6.45) is 1.50. The van der Waals surface area contributed by atoms with Crippen LogP contribution in [0.15, 0.2) is 52.3 Å². The molecule has 0 saturated heterocycles. The Morgan fingerprint density at radius 3 is 2.62 bits per heavy atom. The standard InChI is InChI=1S/C17H14N6O3/c1-21-14-10(16(25)22(2)17(21)26)7-8-12(19-14)15(24)20-23-9-18-11-5-3-4-6-13(11)23/h3-9H,1-2H3,(H,20,24). The summed E-state index contributed by atoms with van der Waals surface area (Å²) >= 11 is 0. The molecule has 130 valence electrons. The number of hydrogen-bond acceptors (Lipinski definition) is 5. The van der Waals surface area contributed by atoms with E-state index in [9.17, 15) is 14.4 Å². The van der Waals surface area contributed by atoms with Crippen molar-refractivity contribution in [2.45, 2.75) is 0 Å². The minimum absolute atomic E-state index is 0.0820. The Kier molecular flexibility index (Phi) is 3.43. The van der Waals surface area contributed by atoms with Crippen molar-refractivity contribution < 1.29 is 4.79 Å². The van der Waals surface area contributed by atoms with Gasteiger partial charge in [0.1, 0.15) is 17.7 Å². The van der Waals surface area contributed by atoms with Crippen LogP contribution < -0.4 is 16.7 Å². The lowest BCUT2D eigenvalue weighted by molar-refractivity contribution is 0.100. The van der Waals surface area contributed by atoms with Crippen LogP contribution in [0.25, 0.3) is 22.1 Å². The molecule has 9 nitrogen and oxygen atoms in total. The molecule has 3 aromatic heterocycles. The molecule has 1 aromatic carbocycles. The van der Waals surface area contributed by atoms with Crippen LogP contribution in [0.3, 0.4) is 0 Å². The van der Waals surface area contributed by atoms with Gasteiger partial charge in [0.25, 0.3) is 11.5 Å². The van der Waals surface area contributed by atoms with Gasteiger partial charge in [0.2, 0.25) is 0 Å². The quantitative estimate of drug-likeness (QED) is 0.562. The fourth-order valence-corrected chi connectivity index (χ4v) is 2.80. The van der Waals surface area contributed by atoms with Gasteiger partial charge in [-0.25, -0.2) is 19.4 Å². The predicted octanol–water partition coefficient (Wildman–Crippen LogP) is 0.366. The normalized spacial score (nSPS) is 11.2. The number of nitrogens with zero attached hydrogens (tertiary/aromatic N) is 5. The van der Waals surface area contributed by atoms with Crippen molar-refractivity contribution in [2.75, 3.05) is 5.43 Å². The van der Waals surface area contributed by atoms with Crippen LogP contribution >= 0.6 is 0 Å². The number of imidazole rings is 1. The molecule has 1 amide bonds. The van der Waals surface area contributed by atoms with Crippen molar-refractivity contribution >= 4 is 28.0 Å². The first-order chi connectivity index (χ1) is 12.5. The van der Waals surface area contributed by atoms with E-state index in [4.69, 9.17) is 0 Å². The largest absolute Gasteiger partial charge is 0.332 e. The number of carbonyl (C=O) groups excluding carboxylic acids is 1. The highest BCUT2D eigenvalue weighted by molar-refractivity contribution is 6.00. The first kappa shape index (κ1) is 15.8. The lowest BCUT2D eigenvalue weighted by Gasteiger charge is -2.09. The Labute approximate surface area is 146 Å². The highest BCUT2D eigenvalue weighted by Crippen LogP contribution is 2.11. The molecular formula is C17H14N6O3. The number of aromatic nitrogens is 5. The molecule has 9 heteroatoms. The zero-order valence-electron chi connectivity index (χ0n) is 14.0. The molecular weight excluding hydrogens is 336 g/mol. The summed E-state index contributed by atoms with van der Waals surface area (Å²) in [5.74, 6) is -0.483. The number of fused-ring (bicyclic) bond motifs is 2. The monoisotopic (exact) mass is 350 g/mol. The number of amides is 1. The van der Waals surface area contributed by atoms with Crippen LogP contribution in [0.5, 0.6) is 0 Å². The van der Waals surface area contributed by atoms with Crippen molar-refractivity contribution in [1.29, 1.82) is 0 Å². The average molecular weight is 350 g/mol. The third-order valence-corrected chi connectivity index (χ3v) is 4.21. The number of pyridine rings is 1. The molecule has 0 aliphatic carbocycles. The number of nitrogens with one attached hydrogen (secondary N) is 1. The number of hydrogen-bond donors (Lipinski definition) is 1. The maximum atomic E-state index is 12.6. The van der Waals surface area contributed by atoms with Gasteiger partial charge in [-0.3, -0.25) is 24.1 Å². The fourth-order valence-electron chi connectivity index (χ4n) is 2.80. The maximum Gasteiger partial charge on any atom is 0.332 e. The Bertz CT molecular complexity index is 1300. The van der Waals surface area contributed by atoms with E-state index in [2.05, 4.69) is 15.4 Å². The van der Waals surface area contributed by atoms with Gasteiger partial charge in [-0.15, -0.1) is 0 Å². The van der Waals surface area contributed by atoms with Gasteiger partial charge in [-0.1, -0.05) is 12.1 Å². The zero-order chi connectivity index (χ0) is 18.4. The van der Waals surface area contributed by atoms with Gasteiger partial charge in [0.05, 0.1) is 16.4 Å². The number of para-hydroxylation sites is 2. The topological polar surface area (TPSA) is 104 Å². The minimum Gasteiger partial charge on any atom is -0.280 e. The molecule has 0 fully saturated rings. The van der Waals surface area contributed by atoms with Gasteiger partial charge in [-0.05, 0) is 24.3 Å². The van der Waals surface area contributed by atoms with E-state index in [-0.39, 0.29) is 16.7 Å². The van der Waals surface area contributed by atoms with Crippen LogP contribution in [0.2, 0.25) is 0 Å². The third-order valence-electron chi connectivity index (χ3n) is 4.21. The third kappa shape index (κ3) is 2.29. The van der Waals surface area contributed by atoms with Crippen molar-refractivity contribution in [3.63, 3.8) is 0 Å². The van der Waals surface area contributed by atoms with E-state index in [1.807, 2.05) is 24.3 Å². The molecule has 0 bridgehead atoms. The lowest BCUT2D eigenvalue weighted by atomic mass is 10.2. The molecule has 0 aliphatic heterocycles. The highest BCUT2D eigenvalue weighted by Gasteiger charge is 2.14. The van der Waals surface area contributed by atoms with E-state index in [0.717, 1.165) is 15.6 Å². The number of carbonyl (C=O) groups is 1. The van der Waals surface area contributed by atoms with Gasteiger partial charge in [0, 0.05) is 14.1 Å². The summed E-state index contributed by atoms with van der Waals surface area (Å²) in [5.41, 5.74) is 3.44. The van der Waals surface area contributed by atoms with Crippen LogP contribution in [0.1, 0.15) is 10.5 Å². The first-order valence-electron chi connectivity index (χ1n) is 7.77. The molecule has 0 saturated carbocycles. The van der Waals surface area contributed by atoms with Crippen molar-refractivity contribution in [1.82, 2.24) is 23.8 Å². The molecule has 0 aliphatic rings. The Morgan fingerprint density at radius 2 is 1.81 bits per heavy atom. The zero-order valence-corrected chi connectivity index (χ0v) is 14.0. The van der Waals surface area contributed by atoms with Crippen LogP contribution in [0, 0.1) is 0 Å².